The van der Waals surface area contributed by atoms with E-state index in [1.165, 1.54) is 12.1 Å². The van der Waals surface area contributed by atoms with Crippen LogP contribution in [0, 0.1) is 5.92 Å². The first-order chi connectivity index (χ1) is 9.89. The molecule has 0 aliphatic carbocycles. The van der Waals surface area contributed by atoms with E-state index in [2.05, 4.69) is 10.6 Å². The number of nitrogens with one attached hydrogen (secondary N) is 2. The quantitative estimate of drug-likeness (QED) is 0.865. The minimum absolute atomic E-state index is 0.173. The third-order valence-corrected chi connectivity index (χ3v) is 4.74. The smallest absolute Gasteiger partial charge is 0.326 e. The molecular weight excluding hydrogens is 302 g/mol. The zero-order valence-electron chi connectivity index (χ0n) is 11.2. The van der Waals surface area contributed by atoms with E-state index in [1.54, 1.807) is 0 Å². The highest BCUT2D eigenvalue weighted by Gasteiger charge is 2.26. The lowest BCUT2D eigenvalue weighted by atomic mass is 10.0. The minimum Gasteiger partial charge on any atom is -0.326 e. The first kappa shape index (κ1) is 15.8. The lowest BCUT2D eigenvalue weighted by Crippen LogP contribution is -2.18. The SMILES string of the molecule is O=C(CC1CCNC1)Nc1ccc(S(=O)(=O)C(F)F)cc1. The molecule has 1 aromatic rings. The number of hydrogen-bond donors (Lipinski definition) is 2. The maximum Gasteiger partial charge on any atom is 0.341 e. The zero-order valence-corrected chi connectivity index (χ0v) is 12.0. The number of anilines is 1. The summed E-state index contributed by atoms with van der Waals surface area (Å²) in [5, 5.41) is 5.79. The summed E-state index contributed by atoms with van der Waals surface area (Å²) in [7, 11) is -4.60. The molecule has 1 aromatic carbocycles. The van der Waals surface area contributed by atoms with Gasteiger partial charge in [-0.3, -0.25) is 4.79 Å². The van der Waals surface area contributed by atoms with Crippen LogP contribution in [0.5, 0.6) is 0 Å². The topological polar surface area (TPSA) is 75.3 Å². The van der Waals surface area contributed by atoms with E-state index >= 15 is 0 Å². The number of sulfone groups is 1. The molecule has 0 aromatic heterocycles. The van der Waals surface area contributed by atoms with Gasteiger partial charge in [-0.25, -0.2) is 8.42 Å². The van der Waals surface area contributed by atoms with E-state index < -0.39 is 20.5 Å². The molecule has 8 heteroatoms. The molecule has 1 aliphatic heterocycles. The van der Waals surface area contributed by atoms with Crippen LogP contribution >= 0.6 is 0 Å². The standard InChI is InChI=1S/C13H16F2N2O3S/c14-13(15)21(19,20)11-3-1-10(2-4-11)17-12(18)7-9-5-6-16-8-9/h1-4,9,13,16H,5-8H2,(H,17,18). The number of hydrogen-bond acceptors (Lipinski definition) is 4. The van der Waals surface area contributed by atoms with Gasteiger partial charge in [0.15, 0.2) is 0 Å². The maximum atomic E-state index is 12.4. The molecule has 1 atom stereocenters. The van der Waals surface area contributed by atoms with Crippen molar-refractivity contribution in [3.63, 3.8) is 0 Å². The first-order valence-electron chi connectivity index (χ1n) is 6.52. The van der Waals surface area contributed by atoms with Gasteiger partial charge in [0.25, 0.3) is 0 Å². The summed E-state index contributed by atoms with van der Waals surface area (Å²) in [6.07, 6.45) is 1.32. The summed E-state index contributed by atoms with van der Waals surface area (Å²) in [4.78, 5) is 11.3. The van der Waals surface area contributed by atoms with Crippen LogP contribution in [0.25, 0.3) is 0 Å². The largest absolute Gasteiger partial charge is 0.341 e. The highest BCUT2D eigenvalue weighted by Crippen LogP contribution is 2.21. The van der Waals surface area contributed by atoms with Gasteiger partial charge in [0.1, 0.15) is 0 Å². The monoisotopic (exact) mass is 318 g/mol. The van der Waals surface area contributed by atoms with Crippen LogP contribution in [0.4, 0.5) is 14.5 Å². The van der Waals surface area contributed by atoms with E-state index in [0.29, 0.717) is 18.0 Å². The molecule has 116 valence electrons. The predicted octanol–water partition coefficient (Wildman–Crippen LogP) is 1.62. The highest BCUT2D eigenvalue weighted by atomic mass is 32.2. The van der Waals surface area contributed by atoms with Crippen molar-refractivity contribution >= 4 is 21.4 Å². The van der Waals surface area contributed by atoms with Gasteiger partial charge >= 0.3 is 5.76 Å². The molecule has 2 N–H and O–H groups in total. The molecule has 2 rings (SSSR count). The lowest BCUT2D eigenvalue weighted by Gasteiger charge is -2.10. The summed E-state index contributed by atoms with van der Waals surface area (Å²) in [5.41, 5.74) is 0.388. The second kappa shape index (κ2) is 6.48. The Labute approximate surface area is 121 Å². The molecule has 1 aliphatic rings. The summed E-state index contributed by atoms with van der Waals surface area (Å²) < 4.78 is 47.2. The van der Waals surface area contributed by atoms with E-state index in [9.17, 15) is 22.0 Å². The van der Waals surface area contributed by atoms with Gasteiger partial charge in [-0.2, -0.15) is 8.78 Å². The van der Waals surface area contributed by atoms with Crippen LogP contribution in [0.3, 0.4) is 0 Å². The van der Waals surface area contributed by atoms with Crippen LogP contribution in [0.2, 0.25) is 0 Å². The Hall–Kier alpha value is -1.54. The van der Waals surface area contributed by atoms with E-state index in [1.807, 2.05) is 0 Å². The number of rotatable bonds is 5. The minimum atomic E-state index is -4.60. The van der Waals surface area contributed by atoms with Crippen molar-refractivity contribution in [1.29, 1.82) is 0 Å². The second-order valence-corrected chi connectivity index (χ2v) is 6.86. The number of halogens is 2. The second-order valence-electron chi connectivity index (χ2n) is 4.94. The average molecular weight is 318 g/mol. The number of carbonyl (C=O) groups is 1. The van der Waals surface area contributed by atoms with Crippen molar-refractivity contribution in [2.24, 2.45) is 5.92 Å². The van der Waals surface area contributed by atoms with Crippen molar-refractivity contribution in [3.05, 3.63) is 24.3 Å². The summed E-state index contributed by atoms with van der Waals surface area (Å²) in [6.45, 7) is 1.71. The molecule has 1 unspecified atom stereocenters. The van der Waals surface area contributed by atoms with E-state index in [0.717, 1.165) is 31.6 Å². The Balaban J connectivity index is 1.97. The van der Waals surface area contributed by atoms with Gasteiger partial charge in [-0.05, 0) is 49.7 Å². The van der Waals surface area contributed by atoms with Crippen LogP contribution in [0.1, 0.15) is 12.8 Å². The average Bonchev–Trinajstić information content (AvgIpc) is 2.91. The molecule has 0 bridgehead atoms. The van der Waals surface area contributed by atoms with Gasteiger partial charge in [0.2, 0.25) is 15.7 Å². The Morgan fingerprint density at radius 2 is 2.00 bits per heavy atom. The normalized spacial score (nSPS) is 18.9. The molecule has 0 spiro atoms. The Kier molecular flexibility index (Phi) is 4.89. The van der Waals surface area contributed by atoms with Crippen molar-refractivity contribution in [2.45, 2.75) is 23.5 Å². The molecule has 0 radical (unpaired) electrons. The van der Waals surface area contributed by atoms with Crippen molar-refractivity contribution in [1.82, 2.24) is 5.32 Å². The third-order valence-electron chi connectivity index (χ3n) is 3.34. The van der Waals surface area contributed by atoms with Gasteiger partial charge in [0.05, 0.1) is 4.90 Å². The predicted molar refractivity (Wildman–Crippen MR) is 73.9 cm³/mol. The van der Waals surface area contributed by atoms with Gasteiger partial charge in [-0.15, -0.1) is 0 Å². The van der Waals surface area contributed by atoms with Crippen LogP contribution < -0.4 is 10.6 Å². The molecule has 1 amide bonds. The van der Waals surface area contributed by atoms with Crippen molar-refractivity contribution < 1.29 is 22.0 Å². The van der Waals surface area contributed by atoms with Crippen molar-refractivity contribution in [3.8, 4) is 0 Å². The number of benzene rings is 1. The summed E-state index contributed by atoms with van der Waals surface area (Å²) in [5.74, 6) is -3.33. The van der Waals surface area contributed by atoms with Crippen LogP contribution in [-0.2, 0) is 14.6 Å². The molecular formula is C13H16F2N2O3S. The number of amides is 1. The fraction of sp³-hybridized carbons (Fsp3) is 0.462. The summed E-state index contributed by atoms with van der Waals surface area (Å²) in [6, 6.07) is 4.74. The Morgan fingerprint density at radius 1 is 1.33 bits per heavy atom. The van der Waals surface area contributed by atoms with Gasteiger partial charge < -0.3 is 10.6 Å². The fourth-order valence-corrected chi connectivity index (χ4v) is 2.91. The highest BCUT2D eigenvalue weighted by molar-refractivity contribution is 7.91. The zero-order chi connectivity index (χ0) is 15.5. The molecule has 5 nitrogen and oxygen atoms in total. The third kappa shape index (κ3) is 3.98. The number of carbonyl (C=O) groups excluding carboxylic acids is 1. The fourth-order valence-electron chi connectivity index (χ4n) is 2.19. The lowest BCUT2D eigenvalue weighted by molar-refractivity contribution is -0.116. The van der Waals surface area contributed by atoms with Crippen LogP contribution in [0.15, 0.2) is 29.2 Å². The summed E-state index contributed by atoms with van der Waals surface area (Å²) >= 11 is 0. The Morgan fingerprint density at radius 3 is 2.52 bits per heavy atom. The van der Waals surface area contributed by atoms with E-state index in [4.69, 9.17) is 0 Å². The Bertz CT molecular complexity index is 596. The molecule has 1 heterocycles. The number of alkyl halides is 2. The molecule has 1 fully saturated rings. The first-order valence-corrected chi connectivity index (χ1v) is 8.07. The molecule has 1 saturated heterocycles. The van der Waals surface area contributed by atoms with Gasteiger partial charge in [0, 0.05) is 12.1 Å². The van der Waals surface area contributed by atoms with Crippen molar-refractivity contribution in [2.75, 3.05) is 18.4 Å². The van der Waals surface area contributed by atoms with Crippen LogP contribution in [-0.4, -0.2) is 33.2 Å². The maximum absolute atomic E-state index is 12.4. The molecule has 21 heavy (non-hydrogen) atoms. The van der Waals surface area contributed by atoms with E-state index in [-0.39, 0.29) is 5.91 Å². The van der Waals surface area contributed by atoms with Gasteiger partial charge in [-0.1, -0.05) is 0 Å². The molecule has 0 saturated carbocycles.